The minimum atomic E-state index is -4.62. The monoisotopic (exact) mass is 1200 g/mol. The lowest BCUT2D eigenvalue weighted by Gasteiger charge is -2.29. The molecule has 0 aliphatic heterocycles. The molecule has 3 atom stereocenters. The van der Waals surface area contributed by atoms with Gasteiger partial charge in [0.05, 0.1) is 39.9 Å². The summed E-state index contributed by atoms with van der Waals surface area (Å²) in [4.78, 5) is 25.6. The van der Waals surface area contributed by atoms with Crippen molar-refractivity contribution in [2.75, 3.05) is 40.9 Å². The number of allylic oxidation sites excluding steroid dienone is 19. The van der Waals surface area contributed by atoms with Crippen LogP contribution in [0.5, 0.6) is 0 Å². The molecule has 0 saturated carbocycles. The molecule has 0 aromatic carbocycles. The van der Waals surface area contributed by atoms with Crippen molar-refractivity contribution in [3.8, 4) is 0 Å². The second-order valence-corrected chi connectivity index (χ2v) is 26.3. The zero-order valence-corrected chi connectivity index (χ0v) is 56.9. The van der Waals surface area contributed by atoms with Gasteiger partial charge in [-0.3, -0.25) is 9.36 Å². The summed E-state index contributed by atoms with van der Waals surface area (Å²) in [5.74, 6) is -0.210. The minimum Gasteiger partial charge on any atom is -0.756 e. The van der Waals surface area contributed by atoms with Crippen molar-refractivity contribution in [2.45, 2.75) is 315 Å². The summed E-state index contributed by atoms with van der Waals surface area (Å²) in [5.41, 5.74) is 0. The third kappa shape index (κ3) is 68.3. The van der Waals surface area contributed by atoms with Crippen molar-refractivity contribution in [1.82, 2.24) is 5.32 Å². The summed E-state index contributed by atoms with van der Waals surface area (Å²) >= 11 is 0. The Morgan fingerprint density at radius 1 is 0.424 bits per heavy atom. The Morgan fingerprint density at radius 3 is 1.05 bits per heavy atom. The maximum absolute atomic E-state index is 13.0. The molecule has 0 aliphatic carbocycles. The molecule has 0 bridgehead atoms. The third-order valence-electron chi connectivity index (χ3n) is 15.4. The maximum atomic E-state index is 13.0. The van der Waals surface area contributed by atoms with Crippen LogP contribution in [0, 0.1) is 0 Å². The van der Waals surface area contributed by atoms with Gasteiger partial charge in [0.2, 0.25) is 5.91 Å². The number of nitrogens with one attached hydrogen (secondary N) is 1. The Morgan fingerprint density at radius 2 is 0.718 bits per heavy atom. The molecular formula is C76H135N2O6P. The minimum absolute atomic E-state index is 0.00888. The average molecular weight is 1200 g/mol. The van der Waals surface area contributed by atoms with Crippen molar-refractivity contribution in [3.05, 3.63) is 122 Å². The van der Waals surface area contributed by atoms with E-state index in [0.717, 1.165) is 109 Å². The number of aliphatic hydroxyl groups is 1. The lowest BCUT2D eigenvalue weighted by atomic mass is 10.0. The molecule has 9 heteroatoms. The van der Waals surface area contributed by atoms with Crippen molar-refractivity contribution < 1.29 is 32.9 Å². The van der Waals surface area contributed by atoms with Gasteiger partial charge in [0.25, 0.3) is 7.82 Å². The average Bonchev–Trinajstić information content (AvgIpc) is 3.48. The molecule has 0 heterocycles. The first kappa shape index (κ1) is 81.9. The van der Waals surface area contributed by atoms with Crippen molar-refractivity contribution in [3.63, 3.8) is 0 Å². The largest absolute Gasteiger partial charge is 0.756 e. The zero-order chi connectivity index (χ0) is 61.9. The number of carbonyl (C=O) groups excluding carboxylic acids is 1. The molecule has 2 N–H and O–H groups in total. The summed E-state index contributed by atoms with van der Waals surface area (Å²) < 4.78 is 23.5. The molecule has 0 fully saturated rings. The normalized spacial score (nSPS) is 14.4. The molecule has 0 aromatic rings. The number of likely N-dealkylation sites (N-methyl/N-ethyl adjacent to an activating group) is 1. The third-order valence-corrected chi connectivity index (χ3v) is 16.4. The van der Waals surface area contributed by atoms with E-state index in [1.54, 1.807) is 6.08 Å². The van der Waals surface area contributed by atoms with Gasteiger partial charge in [-0.1, -0.05) is 328 Å². The fourth-order valence-corrected chi connectivity index (χ4v) is 10.7. The van der Waals surface area contributed by atoms with E-state index in [1.165, 1.54) is 173 Å². The number of phosphoric ester groups is 1. The van der Waals surface area contributed by atoms with E-state index in [4.69, 9.17) is 9.05 Å². The number of carbonyl (C=O) groups is 1. The highest BCUT2D eigenvalue weighted by Gasteiger charge is 2.23. The number of hydrogen-bond acceptors (Lipinski definition) is 6. The molecule has 0 aliphatic rings. The SMILES string of the molecule is CC/C=C\C/C=C\C/C=C\C/C=C\C/C=C\C/C=C\C/C=C\C/C=C\C/C=C\CCCCCCCCCC(=O)NC(COP(=O)([O-])OCC[N+](C)(C)C)C(O)/C=C/CCCCCCCCCCCCCCCCCCCCCCCCCCCC. The van der Waals surface area contributed by atoms with Crippen LogP contribution in [0.1, 0.15) is 303 Å². The molecule has 490 valence electrons. The second-order valence-electron chi connectivity index (χ2n) is 24.9. The van der Waals surface area contributed by atoms with E-state index in [2.05, 4.69) is 129 Å². The molecule has 8 nitrogen and oxygen atoms in total. The fourth-order valence-electron chi connectivity index (χ4n) is 9.97. The van der Waals surface area contributed by atoms with Gasteiger partial charge in [-0.25, -0.2) is 0 Å². The smallest absolute Gasteiger partial charge is 0.268 e. The van der Waals surface area contributed by atoms with Crippen LogP contribution in [0.2, 0.25) is 0 Å². The highest BCUT2D eigenvalue weighted by atomic mass is 31.2. The van der Waals surface area contributed by atoms with Gasteiger partial charge in [-0.15, -0.1) is 0 Å². The van der Waals surface area contributed by atoms with Crippen LogP contribution in [0.25, 0.3) is 0 Å². The van der Waals surface area contributed by atoms with E-state index in [1.807, 2.05) is 27.2 Å². The first-order chi connectivity index (χ1) is 41.5. The van der Waals surface area contributed by atoms with Crippen LogP contribution in [-0.2, 0) is 18.4 Å². The van der Waals surface area contributed by atoms with Crippen LogP contribution in [-0.4, -0.2) is 68.5 Å². The number of quaternary nitrogens is 1. The van der Waals surface area contributed by atoms with Gasteiger partial charge in [0.15, 0.2) is 0 Å². The van der Waals surface area contributed by atoms with Crippen LogP contribution in [0.4, 0.5) is 0 Å². The topological polar surface area (TPSA) is 108 Å². The van der Waals surface area contributed by atoms with E-state index in [9.17, 15) is 19.4 Å². The molecule has 0 aromatic heterocycles. The molecule has 3 unspecified atom stereocenters. The quantitative estimate of drug-likeness (QED) is 0.0272. The van der Waals surface area contributed by atoms with Gasteiger partial charge in [0, 0.05) is 6.42 Å². The standard InChI is InChI=1S/C76H135N2O6P/c1-6-8-10-12-14-16-18-20-22-24-26-28-30-32-34-36-37-38-39-40-41-42-44-46-48-50-52-54-56-58-60-62-64-66-68-70-76(80)77-74(73-84-85(81,82)83-72-71-78(3,4)5)75(79)69-67-65-63-61-59-57-55-53-51-49-47-45-43-35-33-31-29-27-25-23-21-19-17-15-13-11-9-7-2/h8,10,14,16,20,22,26,28,32,34,37-38,40-41,44,46,50,52,67,69,74-75,79H,6-7,9,11-13,15,17-19,21,23-25,27,29-31,33,35-36,39,42-43,45,47-49,51,53-66,68,70-73H2,1-5H3,(H-,77,80,81,82)/b10-8-,16-14-,22-20-,28-26-,34-32-,38-37-,41-40-,46-44-,52-50-,69-67+. The Kier molecular flexibility index (Phi) is 63.0. The van der Waals surface area contributed by atoms with Gasteiger partial charge in [0.1, 0.15) is 13.2 Å². The van der Waals surface area contributed by atoms with E-state index in [-0.39, 0.29) is 12.5 Å². The highest BCUT2D eigenvalue weighted by Crippen LogP contribution is 2.38. The first-order valence-electron chi connectivity index (χ1n) is 35.4. The van der Waals surface area contributed by atoms with Gasteiger partial charge >= 0.3 is 0 Å². The molecule has 0 spiro atoms. The number of hydrogen-bond donors (Lipinski definition) is 2. The number of phosphoric acid groups is 1. The van der Waals surface area contributed by atoms with Crippen LogP contribution in [0.15, 0.2) is 122 Å². The van der Waals surface area contributed by atoms with Crippen LogP contribution in [0.3, 0.4) is 0 Å². The van der Waals surface area contributed by atoms with Gasteiger partial charge < -0.3 is 28.8 Å². The first-order valence-corrected chi connectivity index (χ1v) is 36.9. The number of amides is 1. The van der Waals surface area contributed by atoms with Crippen LogP contribution >= 0.6 is 7.82 Å². The van der Waals surface area contributed by atoms with Gasteiger partial charge in [-0.05, 0) is 89.9 Å². The van der Waals surface area contributed by atoms with E-state index >= 15 is 0 Å². The predicted octanol–water partition coefficient (Wildman–Crippen LogP) is 22.2. The molecule has 0 radical (unpaired) electrons. The molecular weight excluding hydrogens is 1070 g/mol. The summed E-state index contributed by atoms with van der Waals surface area (Å²) in [6.07, 6.45) is 97.4. The van der Waals surface area contributed by atoms with Crippen molar-refractivity contribution in [2.24, 2.45) is 0 Å². The van der Waals surface area contributed by atoms with Crippen LogP contribution < -0.4 is 10.2 Å². The lowest BCUT2D eigenvalue weighted by molar-refractivity contribution is -0.870. The number of aliphatic hydroxyl groups excluding tert-OH is 1. The maximum Gasteiger partial charge on any atom is 0.268 e. The van der Waals surface area contributed by atoms with E-state index in [0.29, 0.717) is 17.4 Å². The Labute approximate surface area is 526 Å². The van der Waals surface area contributed by atoms with Crippen molar-refractivity contribution >= 4 is 13.7 Å². The lowest BCUT2D eigenvalue weighted by Crippen LogP contribution is -2.45. The number of nitrogens with zero attached hydrogens (tertiary/aromatic N) is 1. The number of rotatable bonds is 64. The van der Waals surface area contributed by atoms with Gasteiger partial charge in [-0.2, -0.15) is 0 Å². The summed E-state index contributed by atoms with van der Waals surface area (Å²) in [5, 5.41) is 14.0. The summed E-state index contributed by atoms with van der Waals surface area (Å²) in [6, 6.07) is -0.903. The summed E-state index contributed by atoms with van der Waals surface area (Å²) in [7, 11) is 1.24. The highest BCUT2D eigenvalue weighted by molar-refractivity contribution is 7.45. The molecule has 0 saturated heterocycles. The van der Waals surface area contributed by atoms with Crippen molar-refractivity contribution in [1.29, 1.82) is 0 Å². The predicted molar refractivity (Wildman–Crippen MR) is 371 cm³/mol. The Hall–Kier alpha value is -3.10. The fraction of sp³-hybridized carbons (Fsp3) is 0.724. The molecule has 1 amide bonds. The van der Waals surface area contributed by atoms with E-state index < -0.39 is 26.6 Å². The summed E-state index contributed by atoms with van der Waals surface area (Å²) in [6.45, 7) is 4.55. The Bertz CT molecular complexity index is 1800. The zero-order valence-electron chi connectivity index (χ0n) is 56.0. The number of unbranched alkanes of at least 4 members (excludes halogenated alkanes) is 33. The molecule has 85 heavy (non-hydrogen) atoms. The second kappa shape index (κ2) is 65.3. The molecule has 0 rings (SSSR count). The Balaban J connectivity index is 4.16.